The number of nitrogens with one attached hydrogen (secondary N) is 2. The standard InChI is InChI=1S/C23H26N4O3S/c1-23(2,3)17-10-8-15(9-11-17)21(29)25-22-27-26-19(31-22)12-13-24-20(28)16-6-5-7-18(14-16)30-4/h5-11,14H,12-13H2,1-4H3,(H,24,28)(H,25,27,29). The first-order chi connectivity index (χ1) is 14.8. The molecule has 8 heteroatoms. The van der Waals surface area contributed by atoms with Gasteiger partial charge >= 0.3 is 0 Å². The molecule has 0 radical (unpaired) electrons. The summed E-state index contributed by atoms with van der Waals surface area (Å²) in [6.07, 6.45) is 0.517. The fourth-order valence-electron chi connectivity index (χ4n) is 2.85. The summed E-state index contributed by atoms with van der Waals surface area (Å²) in [6, 6.07) is 14.5. The van der Waals surface area contributed by atoms with Crippen molar-refractivity contribution in [2.75, 3.05) is 19.0 Å². The van der Waals surface area contributed by atoms with Gasteiger partial charge in [0.2, 0.25) is 5.13 Å². The maximum atomic E-state index is 12.5. The molecule has 0 saturated carbocycles. The topological polar surface area (TPSA) is 93.2 Å². The highest BCUT2D eigenvalue weighted by molar-refractivity contribution is 7.15. The van der Waals surface area contributed by atoms with E-state index >= 15 is 0 Å². The van der Waals surface area contributed by atoms with E-state index in [4.69, 9.17) is 4.74 Å². The van der Waals surface area contributed by atoms with Crippen LogP contribution in [0.1, 0.15) is 52.1 Å². The number of rotatable bonds is 7. The monoisotopic (exact) mass is 438 g/mol. The molecule has 0 atom stereocenters. The number of methoxy groups -OCH3 is 1. The van der Waals surface area contributed by atoms with Gasteiger partial charge in [0, 0.05) is 24.1 Å². The molecule has 7 nitrogen and oxygen atoms in total. The molecule has 1 heterocycles. The lowest BCUT2D eigenvalue weighted by molar-refractivity contribution is 0.0953. The first kappa shape index (κ1) is 22.4. The molecule has 3 rings (SSSR count). The molecule has 31 heavy (non-hydrogen) atoms. The Morgan fingerprint density at radius 2 is 1.74 bits per heavy atom. The van der Waals surface area contributed by atoms with Crippen molar-refractivity contribution in [3.63, 3.8) is 0 Å². The van der Waals surface area contributed by atoms with Crippen LogP contribution in [0.5, 0.6) is 5.75 Å². The summed E-state index contributed by atoms with van der Waals surface area (Å²) in [7, 11) is 1.56. The second-order valence-electron chi connectivity index (χ2n) is 8.02. The molecule has 0 spiro atoms. The summed E-state index contributed by atoms with van der Waals surface area (Å²) in [4.78, 5) is 24.7. The van der Waals surface area contributed by atoms with Crippen LogP contribution >= 0.6 is 11.3 Å². The Hall–Kier alpha value is -3.26. The Morgan fingerprint density at radius 1 is 1.00 bits per heavy atom. The zero-order valence-electron chi connectivity index (χ0n) is 18.1. The van der Waals surface area contributed by atoms with Crippen molar-refractivity contribution in [2.45, 2.75) is 32.6 Å². The molecule has 2 N–H and O–H groups in total. The molecule has 2 amide bonds. The van der Waals surface area contributed by atoms with E-state index in [9.17, 15) is 9.59 Å². The van der Waals surface area contributed by atoms with Crippen molar-refractivity contribution < 1.29 is 14.3 Å². The van der Waals surface area contributed by atoms with Crippen LogP contribution in [0, 0.1) is 0 Å². The van der Waals surface area contributed by atoms with Crippen LogP contribution in [-0.4, -0.2) is 35.7 Å². The molecule has 0 fully saturated rings. The third-order valence-electron chi connectivity index (χ3n) is 4.66. The van der Waals surface area contributed by atoms with Crippen LogP contribution in [-0.2, 0) is 11.8 Å². The number of amides is 2. The predicted octanol–water partition coefficient (Wildman–Crippen LogP) is 4.07. The van der Waals surface area contributed by atoms with Gasteiger partial charge in [-0.05, 0) is 41.3 Å². The fourth-order valence-corrected chi connectivity index (χ4v) is 3.58. The number of ether oxygens (including phenoxy) is 1. The zero-order chi connectivity index (χ0) is 22.4. The summed E-state index contributed by atoms with van der Waals surface area (Å²) in [5.74, 6) is 0.218. The van der Waals surface area contributed by atoms with Gasteiger partial charge in [0.05, 0.1) is 7.11 Å². The van der Waals surface area contributed by atoms with E-state index in [0.29, 0.717) is 35.0 Å². The molecule has 162 valence electrons. The number of carbonyl (C=O) groups is 2. The van der Waals surface area contributed by atoms with Crippen molar-refractivity contribution in [2.24, 2.45) is 0 Å². The minimum absolute atomic E-state index is 0.0329. The smallest absolute Gasteiger partial charge is 0.257 e. The van der Waals surface area contributed by atoms with Crippen molar-refractivity contribution in [3.05, 3.63) is 70.2 Å². The first-order valence-corrected chi connectivity index (χ1v) is 10.7. The lowest BCUT2D eigenvalue weighted by Crippen LogP contribution is -2.25. The highest BCUT2D eigenvalue weighted by Crippen LogP contribution is 2.23. The van der Waals surface area contributed by atoms with Crippen LogP contribution < -0.4 is 15.4 Å². The van der Waals surface area contributed by atoms with E-state index in [2.05, 4.69) is 41.6 Å². The summed E-state index contributed by atoms with van der Waals surface area (Å²) in [5.41, 5.74) is 2.29. The molecule has 2 aromatic carbocycles. The van der Waals surface area contributed by atoms with Gasteiger partial charge in [-0.15, -0.1) is 10.2 Å². The lowest BCUT2D eigenvalue weighted by Gasteiger charge is -2.18. The Kier molecular flexibility index (Phi) is 7.02. The van der Waals surface area contributed by atoms with Crippen LogP contribution in [0.25, 0.3) is 0 Å². The number of hydrogen-bond acceptors (Lipinski definition) is 6. The van der Waals surface area contributed by atoms with E-state index in [-0.39, 0.29) is 17.2 Å². The van der Waals surface area contributed by atoms with Crippen molar-refractivity contribution >= 4 is 28.3 Å². The lowest BCUT2D eigenvalue weighted by atomic mass is 9.87. The average Bonchev–Trinajstić information content (AvgIpc) is 3.20. The summed E-state index contributed by atoms with van der Waals surface area (Å²) in [5, 5.41) is 14.9. The van der Waals surface area contributed by atoms with Gasteiger partial charge in [0.25, 0.3) is 11.8 Å². The van der Waals surface area contributed by atoms with Gasteiger partial charge in [-0.1, -0.05) is 50.3 Å². The molecule has 1 aromatic heterocycles. The average molecular weight is 439 g/mol. The van der Waals surface area contributed by atoms with Gasteiger partial charge in [-0.2, -0.15) is 0 Å². The second kappa shape index (κ2) is 9.70. The number of hydrogen-bond donors (Lipinski definition) is 2. The molecule has 0 aliphatic carbocycles. The van der Waals surface area contributed by atoms with Crippen LogP contribution in [0.2, 0.25) is 0 Å². The number of aromatic nitrogens is 2. The third kappa shape index (κ3) is 6.11. The maximum absolute atomic E-state index is 12.5. The minimum Gasteiger partial charge on any atom is -0.497 e. The zero-order valence-corrected chi connectivity index (χ0v) is 18.9. The van der Waals surface area contributed by atoms with Crippen LogP contribution in [0.4, 0.5) is 5.13 Å². The number of carbonyl (C=O) groups excluding carboxylic acids is 2. The predicted molar refractivity (Wildman–Crippen MR) is 122 cm³/mol. The van der Waals surface area contributed by atoms with Gasteiger partial charge in [-0.25, -0.2) is 0 Å². The molecular weight excluding hydrogens is 412 g/mol. The Bertz CT molecular complexity index is 1060. The van der Waals surface area contributed by atoms with E-state index < -0.39 is 0 Å². The molecular formula is C23H26N4O3S. The minimum atomic E-state index is -0.227. The second-order valence-corrected chi connectivity index (χ2v) is 9.08. The molecule has 3 aromatic rings. The number of anilines is 1. The van der Waals surface area contributed by atoms with Gasteiger partial charge in [0.1, 0.15) is 10.8 Å². The van der Waals surface area contributed by atoms with Crippen molar-refractivity contribution in [3.8, 4) is 5.75 Å². The van der Waals surface area contributed by atoms with Gasteiger partial charge in [0.15, 0.2) is 0 Å². The number of benzene rings is 2. The van der Waals surface area contributed by atoms with Crippen molar-refractivity contribution in [1.82, 2.24) is 15.5 Å². The normalized spacial score (nSPS) is 11.1. The fraction of sp³-hybridized carbons (Fsp3) is 0.304. The first-order valence-electron chi connectivity index (χ1n) is 9.93. The van der Waals surface area contributed by atoms with E-state index in [1.165, 1.54) is 16.9 Å². The van der Waals surface area contributed by atoms with Crippen LogP contribution in [0.15, 0.2) is 48.5 Å². The van der Waals surface area contributed by atoms with E-state index in [0.717, 1.165) is 5.01 Å². The maximum Gasteiger partial charge on any atom is 0.257 e. The highest BCUT2D eigenvalue weighted by Gasteiger charge is 2.15. The molecule has 0 unspecified atom stereocenters. The Morgan fingerprint density at radius 3 is 2.42 bits per heavy atom. The SMILES string of the molecule is COc1cccc(C(=O)NCCc2nnc(NC(=O)c3ccc(C(C)(C)C)cc3)s2)c1. The Balaban J connectivity index is 1.51. The Labute approximate surface area is 185 Å². The summed E-state index contributed by atoms with van der Waals surface area (Å²) < 4.78 is 5.13. The van der Waals surface area contributed by atoms with Gasteiger partial charge < -0.3 is 10.1 Å². The highest BCUT2D eigenvalue weighted by atomic mass is 32.1. The van der Waals surface area contributed by atoms with Crippen LogP contribution in [0.3, 0.4) is 0 Å². The molecule has 0 saturated heterocycles. The van der Waals surface area contributed by atoms with Crippen molar-refractivity contribution in [1.29, 1.82) is 0 Å². The molecule has 0 aliphatic heterocycles. The third-order valence-corrected chi connectivity index (χ3v) is 5.56. The van der Waals surface area contributed by atoms with E-state index in [1.54, 1.807) is 31.4 Å². The van der Waals surface area contributed by atoms with E-state index in [1.807, 2.05) is 24.3 Å². The quantitative estimate of drug-likeness (QED) is 0.580. The summed E-state index contributed by atoms with van der Waals surface area (Å²) in [6.45, 7) is 6.80. The van der Waals surface area contributed by atoms with Gasteiger partial charge in [-0.3, -0.25) is 14.9 Å². The largest absolute Gasteiger partial charge is 0.497 e. The number of nitrogens with zero attached hydrogens (tertiary/aromatic N) is 2. The molecule has 0 bridgehead atoms. The summed E-state index contributed by atoms with van der Waals surface area (Å²) >= 11 is 1.29. The molecule has 0 aliphatic rings.